The van der Waals surface area contributed by atoms with E-state index in [9.17, 15) is 14.7 Å². The standard InChI is InChI=1S/C32H44N2O6/c1-5-6-12-27(33-31(37)40-20-23-10-8-7-9-11-23)30(36)34-18-26(32(3,21-34)22(2)35)25-15-16-28(38-4)29(17-25)39-19-24-13-14-24/h7-11,15-17,22,24,26-27,35H,5-6,12-14,18-21H2,1-4H3,(H,33,37)/t22-,26+,27-,32?/m1/s1. The van der Waals surface area contributed by atoms with Gasteiger partial charge in [0.05, 0.1) is 19.8 Å². The Morgan fingerprint density at radius 1 is 1.15 bits per heavy atom. The summed E-state index contributed by atoms with van der Waals surface area (Å²) in [6.45, 7) is 7.46. The van der Waals surface area contributed by atoms with E-state index in [1.165, 1.54) is 12.8 Å². The van der Waals surface area contributed by atoms with Crippen molar-refractivity contribution in [3.63, 3.8) is 0 Å². The van der Waals surface area contributed by atoms with Crippen LogP contribution >= 0.6 is 0 Å². The third kappa shape index (κ3) is 7.27. The number of rotatable bonds is 13. The van der Waals surface area contributed by atoms with Gasteiger partial charge < -0.3 is 29.5 Å². The number of benzene rings is 2. The molecule has 218 valence electrons. The van der Waals surface area contributed by atoms with Crippen molar-refractivity contribution in [2.24, 2.45) is 11.3 Å². The first-order valence-electron chi connectivity index (χ1n) is 14.5. The summed E-state index contributed by atoms with van der Waals surface area (Å²) in [5.41, 5.74) is 1.29. The zero-order chi connectivity index (χ0) is 28.7. The van der Waals surface area contributed by atoms with Gasteiger partial charge in [0.25, 0.3) is 0 Å². The molecule has 2 aromatic carbocycles. The first-order valence-corrected chi connectivity index (χ1v) is 14.5. The molecular weight excluding hydrogens is 508 g/mol. The number of aliphatic hydroxyl groups excluding tert-OH is 1. The third-order valence-electron chi connectivity index (χ3n) is 8.41. The van der Waals surface area contributed by atoms with Gasteiger partial charge in [0.15, 0.2) is 11.5 Å². The van der Waals surface area contributed by atoms with Gasteiger partial charge in [-0.1, -0.05) is 63.1 Å². The highest BCUT2D eigenvalue weighted by molar-refractivity contribution is 5.86. The van der Waals surface area contributed by atoms with E-state index in [4.69, 9.17) is 14.2 Å². The molecule has 8 nitrogen and oxygen atoms in total. The lowest BCUT2D eigenvalue weighted by molar-refractivity contribution is -0.133. The molecule has 2 amide bonds. The van der Waals surface area contributed by atoms with Crippen LogP contribution in [0.3, 0.4) is 0 Å². The number of amides is 2. The van der Waals surface area contributed by atoms with Gasteiger partial charge in [-0.2, -0.15) is 0 Å². The van der Waals surface area contributed by atoms with Crippen LogP contribution in [0.5, 0.6) is 11.5 Å². The summed E-state index contributed by atoms with van der Waals surface area (Å²) in [5.74, 6) is 1.68. The number of hydrogen-bond donors (Lipinski definition) is 2. The molecule has 0 aromatic heterocycles. The topological polar surface area (TPSA) is 97.3 Å². The van der Waals surface area contributed by atoms with E-state index >= 15 is 0 Å². The number of methoxy groups -OCH3 is 1. The molecule has 0 bridgehead atoms. The summed E-state index contributed by atoms with van der Waals surface area (Å²) in [6.07, 6.45) is 3.31. The van der Waals surface area contributed by atoms with E-state index in [2.05, 4.69) is 12.2 Å². The molecule has 2 aromatic rings. The van der Waals surface area contributed by atoms with Crippen LogP contribution in [0, 0.1) is 11.3 Å². The summed E-state index contributed by atoms with van der Waals surface area (Å²) in [7, 11) is 1.63. The van der Waals surface area contributed by atoms with Gasteiger partial charge in [-0.05, 0) is 55.4 Å². The van der Waals surface area contributed by atoms with Crippen molar-refractivity contribution >= 4 is 12.0 Å². The number of nitrogens with one attached hydrogen (secondary N) is 1. The van der Waals surface area contributed by atoms with Crippen LogP contribution < -0.4 is 14.8 Å². The van der Waals surface area contributed by atoms with Crippen molar-refractivity contribution in [3.8, 4) is 11.5 Å². The monoisotopic (exact) mass is 552 g/mol. The first-order chi connectivity index (χ1) is 19.2. The number of carbonyl (C=O) groups is 2. The molecular formula is C32H44N2O6. The number of unbranched alkanes of at least 4 members (excludes halogenated alkanes) is 1. The predicted octanol–water partition coefficient (Wildman–Crippen LogP) is 5.28. The van der Waals surface area contributed by atoms with Crippen molar-refractivity contribution in [2.75, 3.05) is 26.8 Å². The Bertz CT molecular complexity index is 1140. The number of nitrogens with zero attached hydrogens (tertiary/aromatic N) is 1. The molecule has 40 heavy (non-hydrogen) atoms. The van der Waals surface area contributed by atoms with Crippen molar-refractivity contribution in [1.82, 2.24) is 10.2 Å². The second-order valence-corrected chi connectivity index (χ2v) is 11.5. The summed E-state index contributed by atoms with van der Waals surface area (Å²) < 4.78 is 17.1. The van der Waals surface area contributed by atoms with Crippen LogP contribution in [0.4, 0.5) is 4.79 Å². The van der Waals surface area contributed by atoms with E-state index in [0.717, 1.165) is 24.0 Å². The van der Waals surface area contributed by atoms with Crippen molar-refractivity contribution in [1.29, 1.82) is 0 Å². The molecule has 4 rings (SSSR count). The van der Waals surface area contributed by atoms with Gasteiger partial charge in [0.2, 0.25) is 5.91 Å². The van der Waals surface area contributed by atoms with E-state index in [-0.39, 0.29) is 18.4 Å². The van der Waals surface area contributed by atoms with Crippen molar-refractivity contribution in [3.05, 3.63) is 59.7 Å². The maximum atomic E-state index is 13.8. The summed E-state index contributed by atoms with van der Waals surface area (Å²) in [4.78, 5) is 28.3. The van der Waals surface area contributed by atoms with E-state index in [1.807, 2.05) is 55.5 Å². The third-order valence-corrected chi connectivity index (χ3v) is 8.41. The summed E-state index contributed by atoms with van der Waals surface area (Å²) in [6, 6.07) is 14.6. The fourth-order valence-electron chi connectivity index (χ4n) is 5.40. The molecule has 0 radical (unpaired) electrons. The van der Waals surface area contributed by atoms with Crippen LogP contribution in [0.1, 0.15) is 69.9 Å². The molecule has 1 saturated heterocycles. The molecule has 1 aliphatic carbocycles. The minimum Gasteiger partial charge on any atom is -0.493 e. The minimum atomic E-state index is -0.700. The number of hydrogen-bond acceptors (Lipinski definition) is 6. The maximum Gasteiger partial charge on any atom is 0.408 e. The highest BCUT2D eigenvalue weighted by Crippen LogP contribution is 2.47. The predicted molar refractivity (Wildman–Crippen MR) is 153 cm³/mol. The SMILES string of the molecule is CCCC[C@@H](NC(=O)OCc1ccccc1)C(=O)N1C[C@@H](c2ccc(OC)c(OCC3CC3)c2)C(C)([C@@H](C)O)C1. The normalized spacial score (nSPS) is 21.9. The number of carbonyl (C=O) groups excluding carboxylic acids is 2. The quantitative estimate of drug-likeness (QED) is 0.351. The number of alkyl carbamates (subject to hydrolysis) is 1. The van der Waals surface area contributed by atoms with Gasteiger partial charge in [-0.15, -0.1) is 0 Å². The second-order valence-electron chi connectivity index (χ2n) is 11.5. The lowest BCUT2D eigenvalue weighted by Crippen LogP contribution is -2.49. The maximum absolute atomic E-state index is 13.8. The average molecular weight is 553 g/mol. The van der Waals surface area contributed by atoms with Crippen LogP contribution in [-0.2, 0) is 16.1 Å². The zero-order valence-electron chi connectivity index (χ0n) is 24.2. The Kier molecular flexibility index (Phi) is 9.95. The molecule has 2 N–H and O–H groups in total. The molecule has 1 saturated carbocycles. The summed E-state index contributed by atoms with van der Waals surface area (Å²) in [5, 5.41) is 13.7. The van der Waals surface area contributed by atoms with Gasteiger partial charge in [-0.25, -0.2) is 4.79 Å². The van der Waals surface area contributed by atoms with Gasteiger partial charge in [-0.3, -0.25) is 4.79 Å². The Balaban J connectivity index is 1.49. The smallest absolute Gasteiger partial charge is 0.408 e. The first kappa shape index (κ1) is 29.7. The Hall–Kier alpha value is -3.26. The molecule has 2 aliphatic rings. The largest absolute Gasteiger partial charge is 0.493 e. The molecule has 2 fully saturated rings. The Morgan fingerprint density at radius 3 is 2.55 bits per heavy atom. The van der Waals surface area contributed by atoms with Gasteiger partial charge in [0, 0.05) is 24.4 Å². The molecule has 4 atom stereocenters. The highest BCUT2D eigenvalue weighted by atomic mass is 16.5. The van der Waals surface area contributed by atoms with Gasteiger partial charge >= 0.3 is 6.09 Å². The molecule has 0 spiro atoms. The fraction of sp³-hybridized carbons (Fsp3) is 0.562. The van der Waals surface area contributed by atoms with Crippen LogP contribution in [-0.4, -0.2) is 61.0 Å². The lowest BCUT2D eigenvalue weighted by atomic mass is 9.72. The van der Waals surface area contributed by atoms with Crippen LogP contribution in [0.25, 0.3) is 0 Å². The molecule has 1 heterocycles. The van der Waals surface area contributed by atoms with E-state index in [0.29, 0.717) is 43.5 Å². The second kappa shape index (κ2) is 13.4. The highest BCUT2D eigenvalue weighted by Gasteiger charge is 2.49. The van der Waals surface area contributed by atoms with Crippen LogP contribution in [0.2, 0.25) is 0 Å². The van der Waals surface area contributed by atoms with Crippen molar-refractivity contribution < 1.29 is 28.9 Å². The lowest BCUT2D eigenvalue weighted by Gasteiger charge is -2.34. The average Bonchev–Trinajstić information content (AvgIpc) is 3.72. The van der Waals surface area contributed by atoms with E-state index in [1.54, 1.807) is 18.9 Å². The van der Waals surface area contributed by atoms with Gasteiger partial charge in [0.1, 0.15) is 12.6 Å². The van der Waals surface area contributed by atoms with Crippen LogP contribution in [0.15, 0.2) is 48.5 Å². The molecule has 1 unspecified atom stereocenters. The number of likely N-dealkylation sites (tertiary alicyclic amines) is 1. The Morgan fingerprint density at radius 2 is 1.90 bits per heavy atom. The molecule has 8 heteroatoms. The van der Waals surface area contributed by atoms with E-state index < -0.39 is 23.7 Å². The fourth-order valence-corrected chi connectivity index (χ4v) is 5.40. The molecule has 1 aliphatic heterocycles. The Labute approximate surface area is 238 Å². The minimum absolute atomic E-state index is 0.123. The summed E-state index contributed by atoms with van der Waals surface area (Å²) >= 11 is 0. The number of aliphatic hydroxyl groups is 1. The van der Waals surface area contributed by atoms with Crippen molar-refractivity contribution in [2.45, 2.75) is 77.5 Å². The zero-order valence-corrected chi connectivity index (χ0v) is 24.2. The number of ether oxygens (including phenoxy) is 3.